The van der Waals surface area contributed by atoms with Gasteiger partial charge in [0.1, 0.15) is 11.6 Å². The van der Waals surface area contributed by atoms with Crippen molar-refractivity contribution in [2.45, 2.75) is 58.0 Å². The van der Waals surface area contributed by atoms with Gasteiger partial charge in [0, 0.05) is 44.2 Å². The fourth-order valence-electron chi connectivity index (χ4n) is 3.75. The maximum absolute atomic E-state index is 12.5. The van der Waals surface area contributed by atoms with E-state index in [1.54, 1.807) is 7.05 Å². The summed E-state index contributed by atoms with van der Waals surface area (Å²) in [5.74, 6) is 2.42. The van der Waals surface area contributed by atoms with Crippen molar-refractivity contribution in [1.29, 1.82) is 0 Å². The van der Waals surface area contributed by atoms with E-state index in [0.717, 1.165) is 49.8 Å². The lowest BCUT2D eigenvalue weighted by Crippen LogP contribution is -2.38. The Morgan fingerprint density at radius 1 is 1.17 bits per heavy atom. The molecule has 3 heterocycles. The Balaban J connectivity index is 1.46. The highest BCUT2D eigenvalue weighted by molar-refractivity contribution is 5.20. The van der Waals surface area contributed by atoms with E-state index >= 15 is 0 Å². The summed E-state index contributed by atoms with van der Waals surface area (Å²) in [5.41, 5.74) is 2.22. The lowest BCUT2D eigenvalue weighted by Gasteiger charge is -2.32. The number of nitrogens with zero attached hydrogens (tertiary/aromatic N) is 5. The fraction of sp³-hybridized carbons (Fsp3) is 0.706. The second-order valence-electron chi connectivity index (χ2n) is 7.22. The molecule has 0 radical (unpaired) electrons. The molecule has 4 rings (SSSR count). The Kier molecular flexibility index (Phi) is 3.83. The van der Waals surface area contributed by atoms with Crippen molar-refractivity contribution in [3.8, 4) is 0 Å². The van der Waals surface area contributed by atoms with E-state index in [9.17, 15) is 4.79 Å². The molecule has 0 atom stereocenters. The van der Waals surface area contributed by atoms with Crippen molar-refractivity contribution in [2.75, 3.05) is 13.1 Å². The van der Waals surface area contributed by atoms with Crippen LogP contribution in [0.4, 0.5) is 0 Å². The summed E-state index contributed by atoms with van der Waals surface area (Å²) in [6.07, 6.45) is 4.33. The standard InChI is InChI=1S/C17H25N5O2/c1-11-15(12(2)24-19-11)10-21-8-6-14(7-9-21)22-16(13-4-5-13)18-20(3)17(22)23/h13-14H,4-10H2,1-3H3. The third-order valence-corrected chi connectivity index (χ3v) is 5.41. The highest BCUT2D eigenvalue weighted by Crippen LogP contribution is 2.40. The van der Waals surface area contributed by atoms with Gasteiger partial charge in [0.25, 0.3) is 0 Å². The van der Waals surface area contributed by atoms with Gasteiger partial charge in [-0.1, -0.05) is 5.16 Å². The summed E-state index contributed by atoms with van der Waals surface area (Å²) in [6.45, 7) is 6.82. The van der Waals surface area contributed by atoms with Gasteiger partial charge in [-0.15, -0.1) is 0 Å². The summed E-state index contributed by atoms with van der Waals surface area (Å²) in [5, 5.41) is 8.52. The van der Waals surface area contributed by atoms with Crippen molar-refractivity contribution < 1.29 is 4.52 Å². The van der Waals surface area contributed by atoms with Crippen LogP contribution in [0.25, 0.3) is 0 Å². The Bertz CT molecular complexity index is 771. The van der Waals surface area contributed by atoms with Crippen molar-refractivity contribution in [1.82, 2.24) is 24.4 Å². The summed E-state index contributed by atoms with van der Waals surface area (Å²) < 4.78 is 8.74. The minimum Gasteiger partial charge on any atom is -0.361 e. The smallest absolute Gasteiger partial charge is 0.345 e. The molecule has 1 aliphatic heterocycles. The maximum atomic E-state index is 12.5. The van der Waals surface area contributed by atoms with Crippen LogP contribution in [-0.4, -0.2) is 37.5 Å². The number of piperidine rings is 1. The first-order valence-corrected chi connectivity index (χ1v) is 8.84. The molecule has 0 bridgehead atoms. The minimum atomic E-state index is 0.0427. The van der Waals surface area contributed by atoms with Gasteiger partial charge in [0.2, 0.25) is 0 Å². The van der Waals surface area contributed by atoms with E-state index in [1.807, 2.05) is 18.4 Å². The lowest BCUT2D eigenvalue weighted by molar-refractivity contribution is 0.175. The zero-order valence-electron chi connectivity index (χ0n) is 14.7. The molecule has 0 amide bonds. The maximum Gasteiger partial charge on any atom is 0.345 e. The van der Waals surface area contributed by atoms with E-state index in [-0.39, 0.29) is 11.7 Å². The van der Waals surface area contributed by atoms with E-state index in [2.05, 4.69) is 15.2 Å². The quantitative estimate of drug-likeness (QED) is 0.856. The van der Waals surface area contributed by atoms with E-state index < -0.39 is 0 Å². The normalized spacial score (nSPS) is 20.0. The molecule has 0 N–H and O–H groups in total. The molecule has 2 fully saturated rings. The molecule has 0 aromatic carbocycles. The van der Waals surface area contributed by atoms with Gasteiger partial charge in [0.15, 0.2) is 0 Å². The highest BCUT2D eigenvalue weighted by atomic mass is 16.5. The van der Waals surface area contributed by atoms with Gasteiger partial charge >= 0.3 is 5.69 Å². The molecular formula is C17H25N5O2. The predicted molar refractivity (Wildman–Crippen MR) is 89.0 cm³/mol. The summed E-state index contributed by atoms with van der Waals surface area (Å²) >= 11 is 0. The van der Waals surface area contributed by atoms with Crippen LogP contribution in [0.15, 0.2) is 9.32 Å². The van der Waals surface area contributed by atoms with Crippen LogP contribution in [0.2, 0.25) is 0 Å². The molecule has 1 aliphatic carbocycles. The number of likely N-dealkylation sites (tertiary alicyclic amines) is 1. The summed E-state index contributed by atoms with van der Waals surface area (Å²) in [4.78, 5) is 14.9. The number of aromatic nitrogens is 4. The number of aryl methyl sites for hydroxylation is 3. The molecular weight excluding hydrogens is 306 g/mol. The average Bonchev–Trinajstić information content (AvgIpc) is 3.32. The molecule has 0 unspecified atom stereocenters. The third-order valence-electron chi connectivity index (χ3n) is 5.41. The van der Waals surface area contributed by atoms with E-state index in [0.29, 0.717) is 5.92 Å². The molecule has 7 heteroatoms. The van der Waals surface area contributed by atoms with Crippen LogP contribution >= 0.6 is 0 Å². The predicted octanol–water partition coefficient (Wildman–Crippen LogP) is 1.90. The monoisotopic (exact) mass is 331 g/mol. The summed E-state index contributed by atoms with van der Waals surface area (Å²) in [7, 11) is 1.76. The van der Waals surface area contributed by atoms with Crippen LogP contribution in [0, 0.1) is 13.8 Å². The van der Waals surface area contributed by atoms with Crippen molar-refractivity contribution >= 4 is 0 Å². The number of hydrogen-bond donors (Lipinski definition) is 0. The van der Waals surface area contributed by atoms with Crippen molar-refractivity contribution in [3.63, 3.8) is 0 Å². The van der Waals surface area contributed by atoms with Gasteiger partial charge in [-0.2, -0.15) is 5.10 Å². The van der Waals surface area contributed by atoms with Crippen LogP contribution in [0.1, 0.15) is 60.5 Å². The molecule has 2 aliphatic rings. The number of hydrogen-bond acceptors (Lipinski definition) is 5. The second-order valence-corrected chi connectivity index (χ2v) is 7.22. The SMILES string of the molecule is Cc1noc(C)c1CN1CCC(n2c(C3CC3)nn(C)c2=O)CC1. The molecule has 2 aromatic rings. The minimum absolute atomic E-state index is 0.0427. The average molecular weight is 331 g/mol. The van der Waals surface area contributed by atoms with Gasteiger partial charge in [-0.05, 0) is 39.5 Å². The zero-order chi connectivity index (χ0) is 16.8. The molecule has 24 heavy (non-hydrogen) atoms. The van der Waals surface area contributed by atoms with Crippen LogP contribution in [0.3, 0.4) is 0 Å². The largest absolute Gasteiger partial charge is 0.361 e. The Morgan fingerprint density at radius 3 is 2.46 bits per heavy atom. The highest BCUT2D eigenvalue weighted by Gasteiger charge is 2.34. The topological polar surface area (TPSA) is 69.1 Å². The van der Waals surface area contributed by atoms with E-state index in [4.69, 9.17) is 4.52 Å². The van der Waals surface area contributed by atoms with Gasteiger partial charge in [-0.25, -0.2) is 9.48 Å². The van der Waals surface area contributed by atoms with Crippen LogP contribution in [0.5, 0.6) is 0 Å². The molecule has 7 nitrogen and oxygen atoms in total. The molecule has 1 saturated carbocycles. The van der Waals surface area contributed by atoms with Crippen LogP contribution in [-0.2, 0) is 13.6 Å². The molecule has 1 saturated heterocycles. The molecule has 130 valence electrons. The lowest BCUT2D eigenvalue weighted by atomic mass is 10.0. The zero-order valence-corrected chi connectivity index (χ0v) is 14.7. The fourth-order valence-corrected chi connectivity index (χ4v) is 3.75. The Labute approximate surface area is 141 Å². The van der Waals surface area contributed by atoms with E-state index in [1.165, 1.54) is 23.1 Å². The van der Waals surface area contributed by atoms with Crippen molar-refractivity contribution in [2.24, 2.45) is 7.05 Å². The second kappa shape index (κ2) is 5.88. The van der Waals surface area contributed by atoms with Gasteiger partial charge in [0.05, 0.1) is 5.69 Å². The van der Waals surface area contributed by atoms with Crippen molar-refractivity contribution in [3.05, 3.63) is 33.3 Å². The molecule has 2 aromatic heterocycles. The summed E-state index contributed by atoms with van der Waals surface area (Å²) in [6, 6.07) is 0.280. The first-order valence-electron chi connectivity index (χ1n) is 8.84. The van der Waals surface area contributed by atoms with Gasteiger partial charge < -0.3 is 4.52 Å². The van der Waals surface area contributed by atoms with Gasteiger partial charge in [-0.3, -0.25) is 9.47 Å². The third kappa shape index (κ3) is 2.70. The first-order chi connectivity index (χ1) is 11.5. The van der Waals surface area contributed by atoms with Crippen LogP contribution < -0.4 is 5.69 Å². The molecule has 0 spiro atoms. The number of rotatable bonds is 4. The Hall–Kier alpha value is -1.89. The first kappa shape index (κ1) is 15.6. The Morgan fingerprint density at radius 2 is 1.88 bits per heavy atom.